The van der Waals surface area contributed by atoms with E-state index in [1.165, 1.54) is 6.08 Å². The molecule has 0 spiro atoms. The summed E-state index contributed by atoms with van der Waals surface area (Å²) in [6, 6.07) is 14.3. The van der Waals surface area contributed by atoms with E-state index in [-0.39, 0.29) is 24.3 Å². The predicted octanol–water partition coefficient (Wildman–Crippen LogP) is 3.82. The number of anilines is 1. The second-order valence-corrected chi connectivity index (χ2v) is 9.86. The quantitative estimate of drug-likeness (QED) is 0.428. The number of hydrogen-bond acceptors (Lipinski definition) is 5. The lowest BCUT2D eigenvalue weighted by Gasteiger charge is -2.13. The summed E-state index contributed by atoms with van der Waals surface area (Å²) in [7, 11) is -3.42. The lowest BCUT2D eigenvalue weighted by Crippen LogP contribution is -2.25. The monoisotopic (exact) mass is 446 g/mol. The minimum atomic E-state index is -3.42. The van der Waals surface area contributed by atoms with Crippen LogP contribution in [0.15, 0.2) is 66.1 Å². The van der Waals surface area contributed by atoms with Crippen LogP contribution in [0, 0.1) is 0 Å². The van der Waals surface area contributed by atoms with Crippen molar-refractivity contribution in [3.8, 4) is 0 Å². The third-order valence-corrected chi connectivity index (χ3v) is 7.12. The number of carbonyl (C=O) groups excluding carboxylic acids is 1. The zero-order valence-corrected chi connectivity index (χ0v) is 18.3. The minimum Gasteiger partial charge on any atom is -0.377 e. The van der Waals surface area contributed by atoms with Crippen molar-refractivity contribution in [2.24, 2.45) is 0 Å². The number of sulfonamides is 1. The standard InChI is InChI=1S/C22H26N2O4S2/c1-2-13-23-30(26,27)16-17-9-11-18(12-10-17)24-22(25)20-7-3-4-8-21(20)29-15-19-6-5-14-28-19/h2-4,7-12,19,23H,1,5-6,13-16H2,(H,24,25). The van der Waals surface area contributed by atoms with Gasteiger partial charge in [0.1, 0.15) is 0 Å². The molecule has 1 fully saturated rings. The molecule has 1 amide bonds. The van der Waals surface area contributed by atoms with Crippen molar-refractivity contribution in [1.82, 2.24) is 4.72 Å². The Balaban J connectivity index is 1.61. The van der Waals surface area contributed by atoms with E-state index in [0.29, 0.717) is 16.8 Å². The summed E-state index contributed by atoms with van der Waals surface area (Å²) in [5.41, 5.74) is 1.86. The molecule has 1 atom stereocenters. The zero-order chi connectivity index (χ0) is 21.4. The Hall–Kier alpha value is -2.13. The molecule has 8 heteroatoms. The smallest absolute Gasteiger partial charge is 0.256 e. The molecule has 6 nitrogen and oxygen atoms in total. The first-order chi connectivity index (χ1) is 14.5. The molecule has 30 heavy (non-hydrogen) atoms. The van der Waals surface area contributed by atoms with Gasteiger partial charge in [-0.1, -0.05) is 30.3 Å². The molecule has 2 aromatic carbocycles. The van der Waals surface area contributed by atoms with E-state index in [0.717, 1.165) is 30.1 Å². The van der Waals surface area contributed by atoms with Crippen LogP contribution in [-0.2, 0) is 20.5 Å². The highest BCUT2D eigenvalue weighted by molar-refractivity contribution is 7.99. The predicted molar refractivity (Wildman–Crippen MR) is 121 cm³/mol. The van der Waals surface area contributed by atoms with E-state index in [2.05, 4.69) is 16.6 Å². The third-order valence-electron chi connectivity index (χ3n) is 4.60. The van der Waals surface area contributed by atoms with Gasteiger partial charge in [-0.15, -0.1) is 18.3 Å². The number of ether oxygens (including phenoxy) is 1. The van der Waals surface area contributed by atoms with E-state index >= 15 is 0 Å². The second kappa shape index (κ2) is 10.8. The maximum absolute atomic E-state index is 12.8. The molecule has 1 heterocycles. The molecule has 0 saturated carbocycles. The number of carbonyl (C=O) groups is 1. The van der Waals surface area contributed by atoms with Gasteiger partial charge in [0.2, 0.25) is 10.0 Å². The van der Waals surface area contributed by atoms with Crippen molar-refractivity contribution < 1.29 is 17.9 Å². The molecule has 1 aliphatic heterocycles. The lowest BCUT2D eigenvalue weighted by molar-refractivity contribution is 0.102. The normalized spacial score (nSPS) is 16.3. The summed E-state index contributed by atoms with van der Waals surface area (Å²) < 4.78 is 32.0. The van der Waals surface area contributed by atoms with Gasteiger partial charge in [-0.2, -0.15) is 0 Å². The van der Waals surface area contributed by atoms with E-state index < -0.39 is 10.0 Å². The molecule has 1 unspecified atom stereocenters. The largest absolute Gasteiger partial charge is 0.377 e. The Morgan fingerprint density at radius 3 is 2.67 bits per heavy atom. The number of nitrogens with one attached hydrogen (secondary N) is 2. The van der Waals surface area contributed by atoms with Crippen LogP contribution >= 0.6 is 11.8 Å². The number of thioether (sulfide) groups is 1. The molecule has 1 saturated heterocycles. The molecule has 0 bridgehead atoms. The fourth-order valence-electron chi connectivity index (χ4n) is 3.08. The Bertz CT molecular complexity index is 969. The van der Waals surface area contributed by atoms with Gasteiger partial charge in [-0.05, 0) is 42.7 Å². The number of hydrogen-bond donors (Lipinski definition) is 2. The number of amides is 1. The fourth-order valence-corrected chi connectivity index (χ4v) is 5.30. The molecule has 0 aliphatic carbocycles. The molecule has 0 radical (unpaired) electrons. The topological polar surface area (TPSA) is 84.5 Å². The first-order valence-corrected chi connectivity index (χ1v) is 12.4. The van der Waals surface area contributed by atoms with Crippen molar-refractivity contribution in [3.63, 3.8) is 0 Å². The molecule has 2 aromatic rings. The highest BCUT2D eigenvalue weighted by Crippen LogP contribution is 2.27. The van der Waals surface area contributed by atoms with Gasteiger partial charge in [0.05, 0.1) is 17.4 Å². The van der Waals surface area contributed by atoms with Gasteiger partial charge in [0.15, 0.2) is 0 Å². The summed E-state index contributed by atoms with van der Waals surface area (Å²) in [6.45, 7) is 4.51. The number of benzene rings is 2. The van der Waals surface area contributed by atoms with E-state index in [1.54, 1.807) is 42.1 Å². The zero-order valence-electron chi connectivity index (χ0n) is 16.7. The van der Waals surface area contributed by atoms with Crippen molar-refractivity contribution in [2.45, 2.75) is 29.6 Å². The van der Waals surface area contributed by atoms with Crippen molar-refractivity contribution in [2.75, 3.05) is 24.2 Å². The second-order valence-electron chi connectivity index (χ2n) is 6.99. The highest BCUT2D eigenvalue weighted by Gasteiger charge is 2.18. The Labute approximate surface area is 182 Å². The average molecular weight is 447 g/mol. The summed E-state index contributed by atoms with van der Waals surface area (Å²) >= 11 is 1.63. The average Bonchev–Trinajstić information content (AvgIpc) is 3.26. The molecule has 1 aliphatic rings. The first-order valence-electron chi connectivity index (χ1n) is 9.79. The van der Waals surface area contributed by atoms with Crippen molar-refractivity contribution in [1.29, 1.82) is 0 Å². The van der Waals surface area contributed by atoms with Gasteiger partial charge in [-0.3, -0.25) is 4.79 Å². The number of rotatable bonds is 10. The highest BCUT2D eigenvalue weighted by atomic mass is 32.2. The Morgan fingerprint density at radius 1 is 1.20 bits per heavy atom. The molecule has 0 aromatic heterocycles. The van der Waals surface area contributed by atoms with Crippen LogP contribution in [-0.4, -0.2) is 39.3 Å². The molecule has 2 N–H and O–H groups in total. The van der Waals surface area contributed by atoms with Crippen LogP contribution < -0.4 is 10.0 Å². The summed E-state index contributed by atoms with van der Waals surface area (Å²) in [6.07, 6.45) is 3.89. The summed E-state index contributed by atoms with van der Waals surface area (Å²) in [5.74, 6) is 0.504. The van der Waals surface area contributed by atoms with Crippen LogP contribution in [0.1, 0.15) is 28.8 Å². The SMILES string of the molecule is C=CCNS(=O)(=O)Cc1ccc(NC(=O)c2ccccc2SCC2CCCO2)cc1. The molecular formula is C22H26N2O4S2. The van der Waals surface area contributed by atoms with Gasteiger partial charge >= 0.3 is 0 Å². The molecule has 160 valence electrons. The van der Waals surface area contributed by atoms with Gasteiger partial charge < -0.3 is 10.1 Å². The summed E-state index contributed by atoms with van der Waals surface area (Å²) in [4.78, 5) is 13.7. The van der Waals surface area contributed by atoms with Gasteiger partial charge in [-0.25, -0.2) is 13.1 Å². The van der Waals surface area contributed by atoms with Crippen molar-refractivity contribution in [3.05, 3.63) is 72.3 Å². The lowest BCUT2D eigenvalue weighted by atomic mass is 10.2. The fraction of sp³-hybridized carbons (Fsp3) is 0.318. The van der Waals surface area contributed by atoms with Gasteiger partial charge in [0.25, 0.3) is 5.91 Å². The minimum absolute atomic E-state index is 0.127. The van der Waals surface area contributed by atoms with E-state index in [9.17, 15) is 13.2 Å². The Kier molecular flexibility index (Phi) is 8.09. The maximum Gasteiger partial charge on any atom is 0.256 e. The van der Waals surface area contributed by atoms with Crippen LogP contribution in [0.2, 0.25) is 0 Å². The van der Waals surface area contributed by atoms with Gasteiger partial charge in [0, 0.05) is 29.5 Å². The van der Waals surface area contributed by atoms with E-state index in [4.69, 9.17) is 4.74 Å². The Morgan fingerprint density at radius 2 is 1.97 bits per heavy atom. The third kappa shape index (κ3) is 6.70. The van der Waals surface area contributed by atoms with Crippen LogP contribution in [0.5, 0.6) is 0 Å². The van der Waals surface area contributed by atoms with Crippen LogP contribution in [0.4, 0.5) is 5.69 Å². The summed E-state index contributed by atoms with van der Waals surface area (Å²) in [5, 5.41) is 2.89. The van der Waals surface area contributed by atoms with E-state index in [1.807, 2.05) is 18.2 Å². The molecular weight excluding hydrogens is 420 g/mol. The first kappa shape index (κ1) is 22.6. The van der Waals surface area contributed by atoms with Crippen molar-refractivity contribution >= 4 is 33.4 Å². The van der Waals surface area contributed by atoms with Crippen LogP contribution in [0.3, 0.4) is 0 Å². The molecule has 3 rings (SSSR count). The van der Waals surface area contributed by atoms with Crippen LogP contribution in [0.25, 0.3) is 0 Å². The maximum atomic E-state index is 12.8.